The Morgan fingerprint density at radius 3 is 2.80 bits per heavy atom. The van der Waals surface area contributed by atoms with Gasteiger partial charge in [-0.15, -0.1) is 0 Å². The van der Waals surface area contributed by atoms with Crippen LogP contribution in [0.2, 0.25) is 5.15 Å². The number of hydrogen-bond acceptors (Lipinski definition) is 2. The third kappa shape index (κ3) is 3.25. The zero-order valence-electron chi connectivity index (χ0n) is 12.7. The van der Waals surface area contributed by atoms with E-state index in [9.17, 15) is 0 Å². The van der Waals surface area contributed by atoms with Gasteiger partial charge in [0.05, 0.1) is 12.2 Å². The normalized spacial score (nSPS) is 12.8. The molecule has 1 atom stereocenters. The van der Waals surface area contributed by atoms with Crippen molar-refractivity contribution in [3.63, 3.8) is 0 Å². The van der Waals surface area contributed by atoms with Crippen LogP contribution in [0.5, 0.6) is 0 Å². The van der Waals surface area contributed by atoms with Gasteiger partial charge in [-0.3, -0.25) is 4.68 Å². The maximum atomic E-state index is 6.28. The first-order chi connectivity index (χ1) is 9.52. The van der Waals surface area contributed by atoms with Gasteiger partial charge in [0, 0.05) is 31.0 Å². The molecule has 0 aliphatic carbocycles. The van der Waals surface area contributed by atoms with Crippen molar-refractivity contribution in [1.29, 1.82) is 0 Å². The molecule has 0 radical (unpaired) electrons. The lowest BCUT2D eigenvalue weighted by molar-refractivity contribution is 0.569. The van der Waals surface area contributed by atoms with E-state index in [0.29, 0.717) is 6.04 Å². The van der Waals surface area contributed by atoms with E-state index in [-0.39, 0.29) is 0 Å². The van der Waals surface area contributed by atoms with E-state index in [0.717, 1.165) is 35.9 Å². The Bertz CT molecular complexity index is 570. The van der Waals surface area contributed by atoms with Crippen LogP contribution in [0.25, 0.3) is 0 Å². The fourth-order valence-electron chi connectivity index (χ4n) is 2.33. The van der Waals surface area contributed by atoms with Gasteiger partial charge < -0.3 is 9.88 Å². The van der Waals surface area contributed by atoms with Gasteiger partial charge in [-0.1, -0.05) is 18.5 Å². The van der Waals surface area contributed by atoms with Crippen molar-refractivity contribution >= 4 is 11.6 Å². The summed E-state index contributed by atoms with van der Waals surface area (Å²) in [6.45, 7) is 8.17. The highest BCUT2D eigenvalue weighted by atomic mass is 35.5. The molecule has 2 aromatic rings. The second-order valence-corrected chi connectivity index (χ2v) is 5.63. The average Bonchev–Trinajstić information content (AvgIpc) is 2.97. The van der Waals surface area contributed by atoms with E-state index in [1.165, 1.54) is 5.56 Å². The Morgan fingerprint density at radius 2 is 2.20 bits per heavy atom. The van der Waals surface area contributed by atoms with E-state index >= 15 is 0 Å². The van der Waals surface area contributed by atoms with E-state index < -0.39 is 0 Å². The Hall–Kier alpha value is -1.26. The molecular formula is C15H23ClN4. The number of aromatic nitrogens is 3. The van der Waals surface area contributed by atoms with Crippen molar-refractivity contribution < 1.29 is 0 Å². The minimum atomic E-state index is 0.377. The summed E-state index contributed by atoms with van der Waals surface area (Å²) in [4.78, 5) is 0. The summed E-state index contributed by atoms with van der Waals surface area (Å²) in [6, 6.07) is 2.54. The highest BCUT2D eigenvalue weighted by molar-refractivity contribution is 6.30. The summed E-state index contributed by atoms with van der Waals surface area (Å²) >= 11 is 6.28. The van der Waals surface area contributed by atoms with Crippen LogP contribution in [-0.2, 0) is 13.6 Å². The van der Waals surface area contributed by atoms with Gasteiger partial charge >= 0.3 is 0 Å². The molecule has 5 heteroatoms. The minimum absolute atomic E-state index is 0.377. The molecule has 1 N–H and O–H groups in total. The first kappa shape index (κ1) is 15.1. The number of halogens is 1. The quantitative estimate of drug-likeness (QED) is 0.887. The monoisotopic (exact) mass is 294 g/mol. The van der Waals surface area contributed by atoms with Gasteiger partial charge in [-0.2, -0.15) is 5.10 Å². The third-order valence-corrected chi connectivity index (χ3v) is 4.06. The molecule has 0 aliphatic heterocycles. The van der Waals surface area contributed by atoms with Gasteiger partial charge in [-0.25, -0.2) is 0 Å². The molecule has 0 aliphatic rings. The summed E-state index contributed by atoms with van der Waals surface area (Å²) in [5.74, 6) is 0. The van der Waals surface area contributed by atoms with E-state index in [1.54, 1.807) is 4.68 Å². The molecule has 2 heterocycles. The molecule has 1 unspecified atom stereocenters. The summed E-state index contributed by atoms with van der Waals surface area (Å²) in [5.41, 5.74) is 3.38. The first-order valence-electron chi connectivity index (χ1n) is 7.10. The maximum Gasteiger partial charge on any atom is 0.131 e. The third-order valence-electron chi connectivity index (χ3n) is 3.58. The second-order valence-electron chi connectivity index (χ2n) is 5.27. The fraction of sp³-hybridized carbons (Fsp3) is 0.533. The van der Waals surface area contributed by atoms with Crippen molar-refractivity contribution in [2.75, 3.05) is 6.54 Å². The Morgan fingerprint density at radius 1 is 1.45 bits per heavy atom. The first-order valence-corrected chi connectivity index (χ1v) is 7.47. The van der Waals surface area contributed by atoms with Crippen LogP contribution < -0.4 is 5.32 Å². The lowest BCUT2D eigenvalue weighted by Crippen LogP contribution is -2.18. The van der Waals surface area contributed by atoms with Gasteiger partial charge in [-0.05, 0) is 38.4 Å². The van der Waals surface area contributed by atoms with E-state index in [1.807, 2.05) is 14.0 Å². The maximum absolute atomic E-state index is 6.28. The van der Waals surface area contributed by atoms with Crippen molar-refractivity contribution in [3.8, 4) is 0 Å². The summed E-state index contributed by atoms with van der Waals surface area (Å²) in [7, 11) is 1.87. The van der Waals surface area contributed by atoms with Crippen LogP contribution in [-0.4, -0.2) is 20.9 Å². The summed E-state index contributed by atoms with van der Waals surface area (Å²) in [6.07, 6.45) is 5.42. The molecule has 0 fully saturated rings. The Kier molecular flexibility index (Phi) is 4.89. The van der Waals surface area contributed by atoms with Crippen LogP contribution >= 0.6 is 11.6 Å². The number of aryl methyl sites for hydroxylation is 2. The highest BCUT2D eigenvalue weighted by Gasteiger charge is 2.12. The van der Waals surface area contributed by atoms with Crippen LogP contribution in [0.3, 0.4) is 0 Å². The molecule has 0 bridgehead atoms. The molecule has 20 heavy (non-hydrogen) atoms. The van der Waals surface area contributed by atoms with Crippen LogP contribution in [0, 0.1) is 6.92 Å². The molecule has 0 spiro atoms. The fourth-order valence-corrected chi connectivity index (χ4v) is 2.56. The van der Waals surface area contributed by atoms with E-state index in [4.69, 9.17) is 11.6 Å². The van der Waals surface area contributed by atoms with Crippen LogP contribution in [0.1, 0.15) is 43.1 Å². The van der Waals surface area contributed by atoms with Gasteiger partial charge in [0.1, 0.15) is 5.15 Å². The van der Waals surface area contributed by atoms with Gasteiger partial charge in [0.25, 0.3) is 0 Å². The number of rotatable bonds is 6. The topological polar surface area (TPSA) is 34.8 Å². The predicted molar refractivity (Wildman–Crippen MR) is 83.2 cm³/mol. The highest BCUT2D eigenvalue weighted by Crippen LogP contribution is 2.21. The molecule has 0 amide bonds. The lowest BCUT2D eigenvalue weighted by Gasteiger charge is -2.11. The minimum Gasteiger partial charge on any atom is -0.349 e. The largest absolute Gasteiger partial charge is 0.349 e. The van der Waals surface area contributed by atoms with Crippen molar-refractivity contribution in [2.24, 2.45) is 7.05 Å². The van der Waals surface area contributed by atoms with Crippen molar-refractivity contribution in [2.45, 2.75) is 39.8 Å². The molecule has 2 rings (SSSR count). The molecular weight excluding hydrogens is 272 g/mol. The zero-order chi connectivity index (χ0) is 14.7. The Labute approximate surface area is 125 Å². The van der Waals surface area contributed by atoms with Crippen LogP contribution in [0.4, 0.5) is 0 Å². The standard InChI is InChI=1S/C15H23ClN4/c1-5-7-17-11(2)13-6-8-20(9-13)10-14-12(3)18-19(4)15(14)16/h6,8-9,11,17H,5,7,10H2,1-4H3. The number of nitrogens with zero attached hydrogens (tertiary/aromatic N) is 3. The van der Waals surface area contributed by atoms with E-state index in [2.05, 4.69) is 47.3 Å². The average molecular weight is 295 g/mol. The SMILES string of the molecule is CCCNC(C)c1ccn(Cc2c(C)nn(C)c2Cl)c1. The molecule has 0 saturated carbocycles. The molecule has 0 saturated heterocycles. The number of nitrogens with one attached hydrogen (secondary N) is 1. The second kappa shape index (κ2) is 6.46. The molecule has 4 nitrogen and oxygen atoms in total. The lowest BCUT2D eigenvalue weighted by atomic mass is 10.2. The van der Waals surface area contributed by atoms with Gasteiger partial charge in [0.15, 0.2) is 0 Å². The predicted octanol–water partition coefficient (Wildman–Crippen LogP) is 3.29. The summed E-state index contributed by atoms with van der Waals surface area (Å²) in [5, 5.41) is 8.56. The summed E-state index contributed by atoms with van der Waals surface area (Å²) < 4.78 is 3.89. The Balaban J connectivity index is 2.09. The number of hydrogen-bond donors (Lipinski definition) is 1. The molecule has 2 aromatic heterocycles. The van der Waals surface area contributed by atoms with Crippen molar-refractivity contribution in [3.05, 3.63) is 40.4 Å². The van der Waals surface area contributed by atoms with Crippen molar-refractivity contribution in [1.82, 2.24) is 19.7 Å². The smallest absolute Gasteiger partial charge is 0.131 e. The molecule has 0 aromatic carbocycles. The van der Waals surface area contributed by atoms with Crippen LogP contribution in [0.15, 0.2) is 18.5 Å². The molecule has 110 valence electrons. The van der Waals surface area contributed by atoms with Gasteiger partial charge in [0.2, 0.25) is 0 Å². The zero-order valence-corrected chi connectivity index (χ0v) is 13.4.